The zero-order chi connectivity index (χ0) is 25.3. The molecule has 0 fully saturated rings. The SMILES string of the molecule is CC(C)(c1ccc(CC(c2ccc(O)c(N)c2)c2ccc(O)c(N)c2)cc1)c1ccc(O)c(N)c1. The zero-order valence-corrected chi connectivity index (χ0v) is 19.9. The van der Waals surface area contributed by atoms with Gasteiger partial charge in [-0.3, -0.25) is 0 Å². The molecule has 0 saturated carbocycles. The molecule has 6 nitrogen and oxygen atoms in total. The fourth-order valence-corrected chi connectivity index (χ4v) is 4.41. The Morgan fingerprint density at radius 1 is 0.600 bits per heavy atom. The predicted molar refractivity (Wildman–Crippen MR) is 142 cm³/mol. The van der Waals surface area contributed by atoms with Crippen LogP contribution < -0.4 is 17.2 Å². The Hall–Kier alpha value is -4.32. The van der Waals surface area contributed by atoms with Gasteiger partial charge in [-0.25, -0.2) is 0 Å². The standard InChI is InChI=1S/C29H31N3O3/c1-29(2,21-9-12-28(35)25(32)16-21)20-7-3-17(4-8-20)13-22(18-5-10-26(33)23(30)14-18)19-6-11-27(34)24(31)15-19/h3-12,14-16,22,33-35H,13,30-32H2,1-2H3. The van der Waals surface area contributed by atoms with Gasteiger partial charge in [0.05, 0.1) is 17.1 Å². The van der Waals surface area contributed by atoms with Crippen LogP contribution in [0, 0.1) is 0 Å². The van der Waals surface area contributed by atoms with E-state index in [9.17, 15) is 15.3 Å². The van der Waals surface area contributed by atoms with Crippen molar-refractivity contribution in [2.24, 2.45) is 0 Å². The van der Waals surface area contributed by atoms with Crippen LogP contribution in [0.15, 0.2) is 78.9 Å². The second-order valence-electron chi connectivity index (χ2n) is 9.49. The summed E-state index contributed by atoms with van der Waals surface area (Å²) in [5, 5.41) is 29.6. The summed E-state index contributed by atoms with van der Waals surface area (Å²) in [7, 11) is 0. The van der Waals surface area contributed by atoms with E-state index in [1.54, 1.807) is 30.3 Å². The molecule has 4 rings (SSSR count). The number of nitrogens with two attached hydrogens (primary N) is 3. The second kappa shape index (κ2) is 9.14. The highest BCUT2D eigenvalue weighted by Crippen LogP contribution is 2.37. The summed E-state index contributed by atoms with van der Waals surface area (Å²) in [5.41, 5.74) is 23.7. The monoisotopic (exact) mass is 469 g/mol. The molecule has 6 heteroatoms. The van der Waals surface area contributed by atoms with Gasteiger partial charge in [-0.2, -0.15) is 0 Å². The minimum absolute atomic E-state index is 0.0409. The van der Waals surface area contributed by atoms with E-state index in [1.807, 2.05) is 24.3 Å². The summed E-state index contributed by atoms with van der Waals surface area (Å²) >= 11 is 0. The third kappa shape index (κ3) is 4.82. The van der Waals surface area contributed by atoms with Gasteiger partial charge in [-0.15, -0.1) is 0 Å². The first-order valence-corrected chi connectivity index (χ1v) is 11.4. The van der Waals surface area contributed by atoms with Crippen molar-refractivity contribution in [1.29, 1.82) is 0 Å². The van der Waals surface area contributed by atoms with Gasteiger partial charge in [0.15, 0.2) is 0 Å². The Balaban J connectivity index is 1.67. The molecule has 9 N–H and O–H groups in total. The number of benzene rings is 4. The number of phenols is 3. The van der Waals surface area contributed by atoms with Crippen molar-refractivity contribution in [2.75, 3.05) is 17.2 Å². The number of phenolic OH excluding ortho intramolecular Hbond substituents is 3. The van der Waals surface area contributed by atoms with Gasteiger partial charge in [-0.05, 0) is 70.6 Å². The van der Waals surface area contributed by atoms with Gasteiger partial charge < -0.3 is 32.5 Å². The van der Waals surface area contributed by atoms with Gasteiger partial charge in [0.2, 0.25) is 0 Å². The van der Waals surface area contributed by atoms with Gasteiger partial charge in [0, 0.05) is 11.3 Å². The number of aromatic hydroxyl groups is 3. The summed E-state index contributed by atoms with van der Waals surface area (Å²) < 4.78 is 0. The first kappa shape index (κ1) is 23.8. The molecule has 0 radical (unpaired) electrons. The Bertz CT molecular complexity index is 1310. The maximum absolute atomic E-state index is 9.90. The highest BCUT2D eigenvalue weighted by Gasteiger charge is 2.24. The highest BCUT2D eigenvalue weighted by atomic mass is 16.3. The van der Waals surface area contributed by atoms with Crippen LogP contribution in [-0.2, 0) is 11.8 Å². The average molecular weight is 470 g/mol. The molecule has 180 valence electrons. The van der Waals surface area contributed by atoms with Crippen molar-refractivity contribution in [3.63, 3.8) is 0 Å². The molecule has 4 aromatic rings. The smallest absolute Gasteiger partial charge is 0.138 e. The fourth-order valence-electron chi connectivity index (χ4n) is 4.41. The van der Waals surface area contributed by atoms with Crippen molar-refractivity contribution in [3.05, 3.63) is 107 Å². The van der Waals surface area contributed by atoms with Crippen molar-refractivity contribution >= 4 is 17.1 Å². The van der Waals surface area contributed by atoms with Crippen LogP contribution in [0.2, 0.25) is 0 Å². The largest absolute Gasteiger partial charge is 0.506 e. The molecule has 4 aromatic carbocycles. The molecule has 0 aliphatic carbocycles. The normalized spacial score (nSPS) is 11.6. The van der Waals surface area contributed by atoms with Crippen molar-refractivity contribution in [3.8, 4) is 17.2 Å². The van der Waals surface area contributed by atoms with Crippen molar-refractivity contribution in [2.45, 2.75) is 31.6 Å². The van der Waals surface area contributed by atoms with E-state index in [0.717, 1.165) is 27.8 Å². The van der Waals surface area contributed by atoms with E-state index in [1.165, 1.54) is 0 Å². The van der Waals surface area contributed by atoms with Crippen LogP contribution in [-0.4, -0.2) is 15.3 Å². The fraction of sp³-hybridized carbons (Fsp3) is 0.172. The third-order valence-electron chi connectivity index (χ3n) is 6.77. The molecule has 0 spiro atoms. The molecule has 0 heterocycles. The van der Waals surface area contributed by atoms with Crippen LogP contribution >= 0.6 is 0 Å². The number of anilines is 3. The summed E-state index contributed by atoms with van der Waals surface area (Å²) in [6.07, 6.45) is 0.668. The van der Waals surface area contributed by atoms with Crippen molar-refractivity contribution in [1.82, 2.24) is 0 Å². The van der Waals surface area contributed by atoms with E-state index < -0.39 is 0 Å². The lowest BCUT2D eigenvalue weighted by Crippen LogP contribution is -2.19. The lowest BCUT2D eigenvalue weighted by atomic mass is 9.77. The lowest BCUT2D eigenvalue weighted by molar-refractivity contribution is 0.476. The molecule has 0 saturated heterocycles. The van der Waals surface area contributed by atoms with Crippen LogP contribution in [0.5, 0.6) is 17.2 Å². The molecule has 35 heavy (non-hydrogen) atoms. The van der Waals surface area contributed by atoms with Gasteiger partial charge in [0.25, 0.3) is 0 Å². The lowest BCUT2D eigenvalue weighted by Gasteiger charge is -2.27. The van der Waals surface area contributed by atoms with Crippen LogP contribution in [0.25, 0.3) is 0 Å². The van der Waals surface area contributed by atoms with Gasteiger partial charge in [0.1, 0.15) is 17.2 Å². The quantitative estimate of drug-likeness (QED) is 0.168. The van der Waals surface area contributed by atoms with Gasteiger partial charge in [-0.1, -0.05) is 56.3 Å². The van der Waals surface area contributed by atoms with E-state index >= 15 is 0 Å². The van der Waals surface area contributed by atoms with Crippen LogP contribution in [0.3, 0.4) is 0 Å². The molecule has 0 atom stereocenters. The maximum atomic E-state index is 9.90. The molecule has 0 unspecified atom stereocenters. The third-order valence-corrected chi connectivity index (χ3v) is 6.77. The topological polar surface area (TPSA) is 139 Å². The summed E-state index contributed by atoms with van der Waals surface area (Å²) in [5.74, 6) is 0.0746. The molecule has 0 aliphatic rings. The van der Waals surface area contributed by atoms with Crippen LogP contribution in [0.4, 0.5) is 17.1 Å². The molecule has 0 amide bonds. The Labute approximate surface area is 205 Å². The zero-order valence-electron chi connectivity index (χ0n) is 19.9. The minimum atomic E-state index is -0.309. The van der Waals surface area contributed by atoms with Gasteiger partial charge >= 0.3 is 0 Å². The Morgan fingerprint density at radius 3 is 1.49 bits per heavy atom. The predicted octanol–water partition coefficient (Wildman–Crippen LogP) is 5.25. The number of rotatable bonds is 6. The minimum Gasteiger partial charge on any atom is -0.506 e. The number of hydrogen-bond acceptors (Lipinski definition) is 6. The van der Waals surface area contributed by atoms with E-state index in [4.69, 9.17) is 17.2 Å². The first-order chi connectivity index (χ1) is 16.6. The molecule has 0 aliphatic heterocycles. The molecular formula is C29H31N3O3. The second-order valence-corrected chi connectivity index (χ2v) is 9.49. The highest BCUT2D eigenvalue weighted by molar-refractivity contribution is 5.59. The molecule has 0 aromatic heterocycles. The van der Waals surface area contributed by atoms with Crippen LogP contribution in [0.1, 0.15) is 47.6 Å². The molecule has 0 bridgehead atoms. The van der Waals surface area contributed by atoms with E-state index in [-0.39, 0.29) is 28.6 Å². The number of nitrogen functional groups attached to an aromatic ring is 3. The van der Waals surface area contributed by atoms with Crippen molar-refractivity contribution < 1.29 is 15.3 Å². The Kier molecular flexibility index (Phi) is 6.22. The summed E-state index contributed by atoms with van der Waals surface area (Å²) in [4.78, 5) is 0. The maximum Gasteiger partial charge on any atom is 0.138 e. The average Bonchev–Trinajstić information content (AvgIpc) is 2.83. The van der Waals surface area contributed by atoms with E-state index in [2.05, 4.69) is 38.1 Å². The first-order valence-electron chi connectivity index (χ1n) is 11.4. The number of hydrogen-bond donors (Lipinski definition) is 6. The summed E-state index contributed by atoms with van der Waals surface area (Å²) in [6.45, 7) is 4.24. The molecular weight excluding hydrogens is 438 g/mol. The van der Waals surface area contributed by atoms with E-state index in [0.29, 0.717) is 23.5 Å². The summed E-state index contributed by atoms with van der Waals surface area (Å²) in [6, 6.07) is 24.2. The Morgan fingerprint density at radius 2 is 1.03 bits per heavy atom.